The zero-order valence-electron chi connectivity index (χ0n) is 14.5. The molecule has 0 spiro atoms. The normalized spacial score (nSPS) is 25.1. The van der Waals surface area contributed by atoms with E-state index in [9.17, 15) is 9.90 Å². The number of hydrogen-bond donors (Lipinski definition) is 1. The third-order valence-electron chi connectivity index (χ3n) is 5.36. The van der Waals surface area contributed by atoms with Crippen LogP contribution in [0.5, 0.6) is 0 Å². The zero-order valence-corrected chi connectivity index (χ0v) is 14.5. The predicted octanol–water partition coefficient (Wildman–Crippen LogP) is 4.75. The second-order valence-corrected chi connectivity index (χ2v) is 7.12. The third kappa shape index (κ3) is 3.44. The maximum absolute atomic E-state index is 11.6. The van der Waals surface area contributed by atoms with E-state index in [0.29, 0.717) is 11.7 Å². The monoisotopic (exact) mass is 322 g/mol. The van der Waals surface area contributed by atoms with Crippen LogP contribution in [-0.2, 0) is 12.8 Å². The fourth-order valence-corrected chi connectivity index (χ4v) is 3.65. The molecule has 1 N–H and O–H groups in total. The van der Waals surface area contributed by atoms with Gasteiger partial charge in [0.25, 0.3) is 0 Å². The Labute approximate surface area is 144 Å². The highest BCUT2D eigenvalue weighted by atomic mass is 16.3. The summed E-state index contributed by atoms with van der Waals surface area (Å²) in [6.07, 6.45) is 4.06. The third-order valence-corrected chi connectivity index (χ3v) is 5.36. The van der Waals surface area contributed by atoms with Crippen LogP contribution in [0.15, 0.2) is 48.5 Å². The Bertz CT molecular complexity index is 719. The van der Waals surface area contributed by atoms with E-state index in [1.807, 2.05) is 43.3 Å². The minimum absolute atomic E-state index is 0.222. The molecule has 2 heteroatoms. The molecule has 0 radical (unpaired) electrons. The minimum Gasteiger partial charge on any atom is -0.388 e. The highest BCUT2D eigenvalue weighted by molar-refractivity contribution is 5.99. The molecule has 24 heavy (non-hydrogen) atoms. The van der Waals surface area contributed by atoms with E-state index in [1.54, 1.807) is 0 Å². The van der Waals surface area contributed by atoms with Crippen molar-refractivity contribution in [1.82, 2.24) is 0 Å². The first-order valence-corrected chi connectivity index (χ1v) is 8.96. The summed E-state index contributed by atoms with van der Waals surface area (Å²) in [7, 11) is 0. The Balaban J connectivity index is 0.000000141. The van der Waals surface area contributed by atoms with Gasteiger partial charge in [0.1, 0.15) is 0 Å². The number of Topliss-reactive ketones (excluding diaryl/α,β-unsaturated/α-hetero) is 1. The standard InChI is InChI=1S/C11H14O.C11H12O/c2*1-8-6-7-9-4-2-3-5-10(9)11(8)12/h2-5,8,11-12H,6-7H2,1H3;2-5,8H,6-7H2,1H3/t8-,11-;/m0./s1. The molecular formula is C22H26O2. The van der Waals surface area contributed by atoms with E-state index in [1.165, 1.54) is 11.1 Å². The molecule has 2 aromatic carbocycles. The lowest BCUT2D eigenvalue weighted by Gasteiger charge is -2.27. The van der Waals surface area contributed by atoms with Crippen molar-refractivity contribution in [2.75, 3.05) is 0 Å². The number of carbonyl (C=O) groups excluding carboxylic acids is 1. The van der Waals surface area contributed by atoms with Crippen LogP contribution >= 0.6 is 0 Å². The molecule has 0 bridgehead atoms. The number of aliphatic hydroxyl groups is 1. The predicted molar refractivity (Wildman–Crippen MR) is 97.1 cm³/mol. The highest BCUT2D eigenvalue weighted by Gasteiger charge is 2.23. The van der Waals surface area contributed by atoms with Crippen molar-refractivity contribution in [2.24, 2.45) is 11.8 Å². The van der Waals surface area contributed by atoms with E-state index in [-0.39, 0.29) is 12.0 Å². The number of carbonyl (C=O) groups is 1. The quantitative estimate of drug-likeness (QED) is 0.759. The summed E-state index contributed by atoms with van der Waals surface area (Å²) in [5.74, 6) is 0.955. The van der Waals surface area contributed by atoms with Gasteiger partial charge < -0.3 is 5.11 Å². The number of aliphatic hydroxyl groups excluding tert-OH is 1. The number of ketones is 1. The molecule has 1 unspecified atom stereocenters. The van der Waals surface area contributed by atoms with Crippen molar-refractivity contribution < 1.29 is 9.90 Å². The second kappa shape index (κ2) is 7.31. The lowest BCUT2D eigenvalue weighted by molar-refractivity contribution is 0.0913. The van der Waals surface area contributed by atoms with Crippen molar-refractivity contribution in [3.8, 4) is 0 Å². The van der Waals surface area contributed by atoms with Gasteiger partial charge in [-0.2, -0.15) is 0 Å². The number of aryl methyl sites for hydroxylation is 2. The molecule has 2 nitrogen and oxygen atoms in total. The average molecular weight is 322 g/mol. The summed E-state index contributed by atoms with van der Waals surface area (Å²) in [6.45, 7) is 4.12. The number of benzene rings is 2. The molecule has 0 amide bonds. The first-order valence-electron chi connectivity index (χ1n) is 8.96. The number of rotatable bonds is 0. The van der Waals surface area contributed by atoms with E-state index in [2.05, 4.69) is 19.1 Å². The average Bonchev–Trinajstić information content (AvgIpc) is 2.62. The molecule has 0 saturated carbocycles. The number of hydrogen-bond acceptors (Lipinski definition) is 2. The molecule has 0 saturated heterocycles. The largest absolute Gasteiger partial charge is 0.388 e. The summed E-state index contributed by atoms with van der Waals surface area (Å²) >= 11 is 0. The lowest BCUT2D eigenvalue weighted by atomic mass is 9.83. The van der Waals surface area contributed by atoms with Gasteiger partial charge >= 0.3 is 0 Å². The molecule has 0 heterocycles. The van der Waals surface area contributed by atoms with Crippen LogP contribution in [0.25, 0.3) is 0 Å². The molecule has 2 aliphatic rings. The molecule has 2 aromatic rings. The smallest absolute Gasteiger partial charge is 0.165 e. The Kier molecular flexibility index (Phi) is 5.15. The Morgan fingerprint density at radius 1 is 0.875 bits per heavy atom. The van der Waals surface area contributed by atoms with Crippen molar-refractivity contribution in [1.29, 1.82) is 0 Å². The molecule has 2 aliphatic carbocycles. The topological polar surface area (TPSA) is 37.3 Å². The fraction of sp³-hybridized carbons (Fsp3) is 0.409. The van der Waals surface area contributed by atoms with Gasteiger partial charge in [-0.1, -0.05) is 62.4 Å². The summed E-state index contributed by atoms with van der Waals surface area (Å²) in [4.78, 5) is 11.6. The van der Waals surface area contributed by atoms with E-state index in [4.69, 9.17) is 0 Å². The van der Waals surface area contributed by atoms with E-state index in [0.717, 1.165) is 36.8 Å². The van der Waals surface area contributed by atoms with E-state index >= 15 is 0 Å². The van der Waals surface area contributed by atoms with Crippen LogP contribution < -0.4 is 0 Å². The van der Waals surface area contributed by atoms with Gasteiger partial charge in [0, 0.05) is 11.5 Å². The van der Waals surface area contributed by atoms with Crippen LogP contribution in [-0.4, -0.2) is 10.9 Å². The molecule has 4 rings (SSSR count). The van der Waals surface area contributed by atoms with Crippen molar-refractivity contribution in [3.63, 3.8) is 0 Å². The van der Waals surface area contributed by atoms with Crippen LogP contribution in [0.4, 0.5) is 0 Å². The van der Waals surface area contributed by atoms with Gasteiger partial charge in [-0.05, 0) is 48.3 Å². The van der Waals surface area contributed by atoms with Crippen molar-refractivity contribution >= 4 is 5.78 Å². The van der Waals surface area contributed by atoms with Gasteiger partial charge in [-0.15, -0.1) is 0 Å². The van der Waals surface area contributed by atoms with Crippen LogP contribution in [0.1, 0.15) is 59.8 Å². The van der Waals surface area contributed by atoms with Crippen LogP contribution in [0, 0.1) is 11.8 Å². The first-order chi connectivity index (χ1) is 11.6. The summed E-state index contributed by atoms with van der Waals surface area (Å²) in [5, 5.41) is 9.83. The van der Waals surface area contributed by atoms with Gasteiger partial charge in [-0.25, -0.2) is 0 Å². The van der Waals surface area contributed by atoms with Crippen LogP contribution in [0.2, 0.25) is 0 Å². The van der Waals surface area contributed by atoms with Crippen molar-refractivity contribution in [3.05, 3.63) is 70.8 Å². The molecule has 3 atom stereocenters. The number of fused-ring (bicyclic) bond motifs is 2. The zero-order chi connectivity index (χ0) is 17.1. The Morgan fingerprint density at radius 2 is 1.50 bits per heavy atom. The van der Waals surface area contributed by atoms with E-state index < -0.39 is 0 Å². The summed E-state index contributed by atoms with van der Waals surface area (Å²) in [6, 6.07) is 16.1. The lowest BCUT2D eigenvalue weighted by Crippen LogP contribution is -2.19. The fourth-order valence-electron chi connectivity index (χ4n) is 3.65. The molecule has 0 fully saturated rings. The minimum atomic E-state index is -0.241. The summed E-state index contributed by atoms with van der Waals surface area (Å²) in [5.41, 5.74) is 4.62. The van der Waals surface area contributed by atoms with Crippen LogP contribution in [0.3, 0.4) is 0 Å². The van der Waals surface area contributed by atoms with Crippen molar-refractivity contribution in [2.45, 2.75) is 45.6 Å². The Hall–Kier alpha value is -1.93. The van der Waals surface area contributed by atoms with Gasteiger partial charge in [-0.3, -0.25) is 4.79 Å². The molecular weight excluding hydrogens is 296 g/mol. The molecule has 126 valence electrons. The van der Waals surface area contributed by atoms with Gasteiger partial charge in [0.15, 0.2) is 5.78 Å². The maximum Gasteiger partial charge on any atom is 0.165 e. The first kappa shape index (κ1) is 16.9. The molecule has 0 aliphatic heterocycles. The van der Waals surface area contributed by atoms with Gasteiger partial charge in [0.05, 0.1) is 6.10 Å². The summed E-state index contributed by atoms with van der Waals surface area (Å²) < 4.78 is 0. The SMILES string of the molecule is CC1CCc2ccccc2C1=O.C[C@H]1CCc2ccccc2[C@H]1O. The maximum atomic E-state index is 11.6. The Morgan fingerprint density at radius 3 is 2.29 bits per heavy atom. The highest BCUT2D eigenvalue weighted by Crippen LogP contribution is 2.33. The second-order valence-electron chi connectivity index (χ2n) is 7.12. The molecule has 0 aromatic heterocycles. The van der Waals surface area contributed by atoms with Gasteiger partial charge in [0.2, 0.25) is 0 Å².